The van der Waals surface area contributed by atoms with Crippen molar-refractivity contribution < 1.29 is 21.1 Å². The molecule has 34 heavy (non-hydrogen) atoms. The van der Waals surface area contributed by atoms with Crippen LogP contribution >= 0.6 is 11.8 Å². The fourth-order valence-corrected chi connectivity index (χ4v) is 4.91. The molecule has 0 spiro atoms. The van der Waals surface area contributed by atoms with Gasteiger partial charge in [0.25, 0.3) is 0 Å². The Morgan fingerprint density at radius 3 is 2.44 bits per heavy atom. The van der Waals surface area contributed by atoms with Crippen LogP contribution in [0.3, 0.4) is 0 Å². The average molecular weight is 637 g/mol. The minimum Gasteiger partial charge on any atom is -0.314 e. The third-order valence-corrected chi connectivity index (χ3v) is 6.53. The van der Waals surface area contributed by atoms with Crippen LogP contribution in [0.5, 0.6) is 0 Å². The molecule has 0 aliphatic heterocycles. The number of hydrogen-bond acceptors (Lipinski definition) is 3. The summed E-state index contributed by atoms with van der Waals surface area (Å²) in [5.41, 5.74) is 5.33. The second kappa shape index (κ2) is 9.58. The molecule has 6 rings (SSSR count). The standard InChI is InChI=1S/C29H19N3S.Pt/c1-20-14-16-30-28(17-20)32-26-10-3-2-9-24(26)25-13-12-22(19-27(25)32)21-7-6-8-23(18-21)33-29-11-4-5-15-31-29;/h2-17H,1H3;/q-2;+2. The second-order valence-electron chi connectivity index (χ2n) is 7.88. The van der Waals surface area contributed by atoms with Crippen molar-refractivity contribution in [3.63, 3.8) is 0 Å². The van der Waals surface area contributed by atoms with E-state index in [1.165, 1.54) is 10.9 Å². The van der Waals surface area contributed by atoms with Gasteiger partial charge in [0, 0.05) is 17.9 Å². The topological polar surface area (TPSA) is 30.7 Å². The average Bonchev–Trinajstić information content (AvgIpc) is 3.18. The number of aryl methyl sites for hydroxylation is 1. The summed E-state index contributed by atoms with van der Waals surface area (Å²) in [6, 6.07) is 36.3. The minimum atomic E-state index is 0. The van der Waals surface area contributed by atoms with Crippen molar-refractivity contribution in [1.29, 1.82) is 0 Å². The number of rotatable bonds is 4. The number of para-hydroxylation sites is 1. The fourth-order valence-electron chi connectivity index (χ4n) is 4.11. The van der Waals surface area contributed by atoms with Gasteiger partial charge in [-0.1, -0.05) is 46.3 Å². The molecule has 0 atom stereocenters. The Balaban J connectivity index is 0.00000241. The summed E-state index contributed by atoms with van der Waals surface area (Å²) in [6.45, 7) is 2.09. The molecule has 0 saturated carbocycles. The molecule has 0 bridgehead atoms. The summed E-state index contributed by atoms with van der Waals surface area (Å²) >= 11 is 1.61. The van der Waals surface area contributed by atoms with Crippen molar-refractivity contribution in [3.8, 4) is 16.9 Å². The Hall–Kier alpha value is -3.20. The van der Waals surface area contributed by atoms with Crippen molar-refractivity contribution in [3.05, 3.63) is 115 Å². The monoisotopic (exact) mass is 636 g/mol. The van der Waals surface area contributed by atoms with Crippen LogP contribution in [0, 0.1) is 19.1 Å². The van der Waals surface area contributed by atoms with Crippen LogP contribution in [-0.4, -0.2) is 14.5 Å². The summed E-state index contributed by atoms with van der Waals surface area (Å²) in [7, 11) is 0. The molecule has 0 amide bonds. The van der Waals surface area contributed by atoms with Crippen molar-refractivity contribution >= 4 is 33.6 Å². The van der Waals surface area contributed by atoms with Gasteiger partial charge in [0.2, 0.25) is 0 Å². The molecular weight excluding hydrogens is 617 g/mol. The van der Waals surface area contributed by atoms with Gasteiger partial charge in [-0.25, -0.2) is 21.1 Å². The van der Waals surface area contributed by atoms with Crippen molar-refractivity contribution in [2.45, 2.75) is 16.8 Å². The van der Waals surface area contributed by atoms with Crippen LogP contribution in [0.15, 0.2) is 107 Å². The van der Waals surface area contributed by atoms with E-state index in [1.807, 2.05) is 36.7 Å². The fraction of sp³-hybridized carbons (Fsp3) is 0.0345. The Kier molecular flexibility index (Phi) is 6.36. The van der Waals surface area contributed by atoms with E-state index in [0.29, 0.717) is 0 Å². The van der Waals surface area contributed by atoms with Crippen LogP contribution in [0.2, 0.25) is 0 Å². The van der Waals surface area contributed by atoms with Crippen molar-refractivity contribution in [2.75, 3.05) is 0 Å². The van der Waals surface area contributed by atoms with Crippen molar-refractivity contribution in [2.24, 2.45) is 0 Å². The van der Waals surface area contributed by atoms with Gasteiger partial charge in [-0.2, -0.15) is 30.3 Å². The largest absolute Gasteiger partial charge is 2.00 e. The van der Waals surface area contributed by atoms with E-state index in [1.54, 1.807) is 11.8 Å². The molecule has 0 fully saturated rings. The summed E-state index contributed by atoms with van der Waals surface area (Å²) < 4.78 is 2.20. The van der Waals surface area contributed by atoms with E-state index in [2.05, 4.69) is 94.3 Å². The molecular formula is C29H19N3PtS. The molecule has 3 aromatic carbocycles. The zero-order chi connectivity index (χ0) is 22.2. The van der Waals surface area contributed by atoms with Crippen LogP contribution < -0.4 is 0 Å². The predicted molar refractivity (Wildman–Crippen MR) is 135 cm³/mol. The number of pyridine rings is 2. The molecule has 0 saturated heterocycles. The van der Waals surface area contributed by atoms with E-state index in [0.717, 1.165) is 43.3 Å². The molecule has 3 nitrogen and oxygen atoms in total. The predicted octanol–water partition coefficient (Wildman–Crippen LogP) is 7.30. The molecule has 6 aromatic rings. The Bertz CT molecular complexity index is 1610. The summed E-state index contributed by atoms with van der Waals surface area (Å²) in [4.78, 5) is 10.1. The molecule has 0 unspecified atom stereocenters. The molecule has 3 heterocycles. The minimum absolute atomic E-state index is 0. The molecule has 5 heteroatoms. The Morgan fingerprint density at radius 2 is 1.59 bits per heavy atom. The van der Waals surface area contributed by atoms with E-state index >= 15 is 0 Å². The Labute approximate surface area is 217 Å². The zero-order valence-electron chi connectivity index (χ0n) is 18.3. The van der Waals surface area contributed by atoms with E-state index in [-0.39, 0.29) is 21.1 Å². The molecule has 0 aliphatic rings. The van der Waals surface area contributed by atoms with E-state index in [4.69, 9.17) is 0 Å². The van der Waals surface area contributed by atoms with Gasteiger partial charge in [0.15, 0.2) is 0 Å². The summed E-state index contributed by atoms with van der Waals surface area (Å²) in [5.74, 6) is 0.901. The van der Waals surface area contributed by atoms with Crippen LogP contribution in [0.1, 0.15) is 5.56 Å². The number of fused-ring (bicyclic) bond motifs is 3. The summed E-state index contributed by atoms with van der Waals surface area (Å²) in [5, 5.41) is 3.31. The van der Waals surface area contributed by atoms with Crippen LogP contribution in [0.4, 0.5) is 0 Å². The van der Waals surface area contributed by atoms with Crippen LogP contribution in [0.25, 0.3) is 38.8 Å². The molecule has 166 valence electrons. The third-order valence-electron chi connectivity index (χ3n) is 5.62. The van der Waals surface area contributed by atoms with Gasteiger partial charge < -0.3 is 4.57 Å². The first-order valence-electron chi connectivity index (χ1n) is 10.8. The number of benzene rings is 3. The number of aromatic nitrogens is 3. The van der Waals surface area contributed by atoms with E-state index < -0.39 is 0 Å². The SMILES string of the molecule is Cc1ccnc(-n2c3[c-]c(-c4[c-]c(Sc5ccccn5)ccc4)ccc3c3ccccc32)c1.[Pt+2]. The normalized spacial score (nSPS) is 11.0. The zero-order valence-corrected chi connectivity index (χ0v) is 21.4. The third kappa shape index (κ3) is 4.20. The van der Waals surface area contributed by atoms with Crippen LogP contribution in [-0.2, 0) is 21.1 Å². The van der Waals surface area contributed by atoms with Crippen molar-refractivity contribution in [1.82, 2.24) is 14.5 Å². The number of nitrogens with zero attached hydrogens (tertiary/aromatic N) is 3. The Morgan fingerprint density at radius 1 is 0.735 bits per heavy atom. The van der Waals surface area contributed by atoms with Gasteiger partial charge in [-0.05, 0) is 53.7 Å². The molecule has 0 N–H and O–H groups in total. The first-order valence-corrected chi connectivity index (χ1v) is 11.6. The van der Waals surface area contributed by atoms with Gasteiger partial charge in [0.1, 0.15) is 5.82 Å². The summed E-state index contributed by atoms with van der Waals surface area (Å²) in [6.07, 6.45) is 3.67. The van der Waals surface area contributed by atoms with Gasteiger partial charge >= 0.3 is 21.1 Å². The maximum Gasteiger partial charge on any atom is 2.00 e. The quantitative estimate of drug-likeness (QED) is 0.191. The first-order chi connectivity index (χ1) is 16.3. The van der Waals surface area contributed by atoms with Gasteiger partial charge in [0.05, 0.1) is 5.03 Å². The number of hydrogen-bond donors (Lipinski definition) is 0. The molecule has 3 aromatic heterocycles. The first kappa shape index (κ1) is 22.6. The van der Waals surface area contributed by atoms with E-state index in [9.17, 15) is 0 Å². The molecule has 0 aliphatic carbocycles. The van der Waals surface area contributed by atoms with Gasteiger partial charge in [-0.3, -0.25) is 0 Å². The maximum absolute atomic E-state index is 4.67. The molecule has 0 radical (unpaired) electrons. The maximum atomic E-state index is 4.67. The second-order valence-corrected chi connectivity index (χ2v) is 8.94. The smallest absolute Gasteiger partial charge is 0.314 e. The van der Waals surface area contributed by atoms with Gasteiger partial charge in [-0.15, -0.1) is 12.1 Å².